The predicted molar refractivity (Wildman–Crippen MR) is 54.9 cm³/mol. The van der Waals surface area contributed by atoms with E-state index in [0.29, 0.717) is 0 Å². The van der Waals surface area contributed by atoms with Crippen molar-refractivity contribution in [1.29, 1.82) is 0 Å². The Labute approximate surface area is 91.9 Å². The van der Waals surface area contributed by atoms with Gasteiger partial charge in [0, 0.05) is 14.1 Å². The summed E-state index contributed by atoms with van der Waals surface area (Å²) in [6.45, 7) is 1.42. The first-order chi connectivity index (χ1) is 7.43. The molecule has 8 nitrogen and oxygen atoms in total. The van der Waals surface area contributed by atoms with Crippen molar-refractivity contribution in [2.45, 2.75) is 13.0 Å². The molecule has 0 aliphatic rings. The number of rotatable bonds is 3. The van der Waals surface area contributed by atoms with Gasteiger partial charge >= 0.3 is 12.0 Å². The van der Waals surface area contributed by atoms with Crippen LogP contribution in [0, 0.1) is 0 Å². The third-order valence-corrected chi connectivity index (χ3v) is 2.19. The molecular formula is C8H13N5O3. The fourth-order valence-corrected chi connectivity index (χ4v) is 0.935. The molecule has 16 heavy (non-hydrogen) atoms. The fraction of sp³-hybridized carbons (Fsp3) is 0.500. The van der Waals surface area contributed by atoms with Crippen LogP contribution in [0.2, 0.25) is 0 Å². The van der Waals surface area contributed by atoms with E-state index >= 15 is 0 Å². The third-order valence-electron chi connectivity index (χ3n) is 2.19. The van der Waals surface area contributed by atoms with Crippen molar-refractivity contribution < 1.29 is 14.7 Å². The number of nitrogens with zero attached hydrogens (tertiary/aromatic N) is 4. The standard InChI is InChI=1S/C8H13N5O3/c1-5(6(14)15)12(2)8(16)11-7-9-4-10-13(7)3/h4-5H,1-3H3,(H,14,15)(H,9,10,11,16). The number of urea groups is 1. The maximum atomic E-state index is 11.6. The maximum Gasteiger partial charge on any atom is 0.326 e. The van der Waals surface area contributed by atoms with Crippen LogP contribution in [0.25, 0.3) is 0 Å². The summed E-state index contributed by atoms with van der Waals surface area (Å²) in [5.41, 5.74) is 0. The van der Waals surface area contributed by atoms with Crippen molar-refractivity contribution in [3.63, 3.8) is 0 Å². The molecule has 0 aromatic carbocycles. The van der Waals surface area contributed by atoms with Crippen LogP contribution >= 0.6 is 0 Å². The molecule has 1 aromatic heterocycles. The van der Waals surface area contributed by atoms with Crippen LogP contribution in [0.15, 0.2) is 6.33 Å². The number of carboxylic acid groups (broad SMARTS) is 1. The minimum Gasteiger partial charge on any atom is -0.480 e. The monoisotopic (exact) mass is 227 g/mol. The molecule has 1 heterocycles. The number of hydrogen-bond acceptors (Lipinski definition) is 4. The first-order valence-corrected chi connectivity index (χ1v) is 4.54. The minimum absolute atomic E-state index is 0.259. The summed E-state index contributed by atoms with van der Waals surface area (Å²) in [7, 11) is 3.01. The molecule has 88 valence electrons. The smallest absolute Gasteiger partial charge is 0.326 e. The van der Waals surface area contributed by atoms with Gasteiger partial charge in [-0.3, -0.25) is 5.32 Å². The highest BCUT2D eigenvalue weighted by Crippen LogP contribution is 2.02. The molecule has 2 N–H and O–H groups in total. The van der Waals surface area contributed by atoms with E-state index < -0.39 is 18.0 Å². The summed E-state index contributed by atoms with van der Waals surface area (Å²) < 4.78 is 1.37. The molecule has 0 aliphatic carbocycles. The van der Waals surface area contributed by atoms with E-state index in [1.807, 2.05) is 0 Å². The van der Waals surface area contributed by atoms with Crippen LogP contribution in [0.5, 0.6) is 0 Å². The molecule has 2 amide bonds. The van der Waals surface area contributed by atoms with E-state index in [1.165, 1.54) is 25.0 Å². The summed E-state index contributed by atoms with van der Waals surface area (Å²) in [6, 6.07) is -1.46. The van der Waals surface area contributed by atoms with Crippen LogP contribution in [0.3, 0.4) is 0 Å². The van der Waals surface area contributed by atoms with Crippen molar-refractivity contribution in [3.8, 4) is 0 Å². The van der Waals surface area contributed by atoms with Crippen molar-refractivity contribution in [3.05, 3.63) is 6.33 Å². The number of likely N-dealkylation sites (N-methyl/N-ethyl adjacent to an activating group) is 1. The summed E-state index contributed by atoms with van der Waals surface area (Å²) in [4.78, 5) is 27.1. The Morgan fingerprint density at radius 2 is 2.25 bits per heavy atom. The van der Waals surface area contributed by atoms with Crippen LogP contribution < -0.4 is 5.32 Å². The highest BCUT2D eigenvalue weighted by atomic mass is 16.4. The van der Waals surface area contributed by atoms with E-state index in [9.17, 15) is 9.59 Å². The Morgan fingerprint density at radius 3 is 2.69 bits per heavy atom. The van der Waals surface area contributed by atoms with Crippen molar-refractivity contribution in [2.24, 2.45) is 7.05 Å². The predicted octanol–water partition coefficient (Wildman–Crippen LogP) is -0.248. The van der Waals surface area contributed by atoms with Gasteiger partial charge in [0.15, 0.2) is 0 Å². The summed E-state index contributed by atoms with van der Waals surface area (Å²) in [5.74, 6) is -0.815. The fourth-order valence-electron chi connectivity index (χ4n) is 0.935. The molecule has 1 aromatic rings. The SMILES string of the molecule is CC(C(=O)O)N(C)C(=O)Nc1ncnn1C. The molecule has 0 saturated carbocycles. The molecule has 0 saturated heterocycles. The van der Waals surface area contributed by atoms with Crippen LogP contribution in [-0.4, -0.2) is 49.9 Å². The number of aromatic nitrogens is 3. The molecule has 0 spiro atoms. The molecule has 1 rings (SSSR count). The van der Waals surface area contributed by atoms with Gasteiger partial charge in [-0.05, 0) is 6.92 Å². The largest absolute Gasteiger partial charge is 0.480 e. The second-order valence-corrected chi connectivity index (χ2v) is 3.26. The quantitative estimate of drug-likeness (QED) is 0.741. The zero-order valence-electron chi connectivity index (χ0n) is 9.21. The second-order valence-electron chi connectivity index (χ2n) is 3.26. The average molecular weight is 227 g/mol. The van der Waals surface area contributed by atoms with Gasteiger partial charge in [-0.25, -0.2) is 14.3 Å². The van der Waals surface area contributed by atoms with E-state index in [4.69, 9.17) is 5.11 Å². The van der Waals surface area contributed by atoms with Gasteiger partial charge in [0.1, 0.15) is 12.4 Å². The van der Waals surface area contributed by atoms with Gasteiger partial charge < -0.3 is 10.0 Å². The lowest BCUT2D eigenvalue weighted by molar-refractivity contribution is -0.141. The van der Waals surface area contributed by atoms with Crippen molar-refractivity contribution in [1.82, 2.24) is 19.7 Å². The molecule has 1 atom stereocenters. The molecule has 0 radical (unpaired) electrons. The number of nitrogens with one attached hydrogen (secondary N) is 1. The first kappa shape index (κ1) is 12.0. The lowest BCUT2D eigenvalue weighted by atomic mass is 10.3. The number of carbonyl (C=O) groups excluding carboxylic acids is 1. The lowest BCUT2D eigenvalue weighted by Gasteiger charge is -2.21. The number of hydrogen-bond donors (Lipinski definition) is 2. The number of carboxylic acids is 1. The van der Waals surface area contributed by atoms with E-state index in [1.54, 1.807) is 7.05 Å². The van der Waals surface area contributed by atoms with Gasteiger partial charge in [-0.15, -0.1) is 0 Å². The maximum absolute atomic E-state index is 11.6. The minimum atomic E-state index is -1.07. The van der Waals surface area contributed by atoms with Crippen LogP contribution in [-0.2, 0) is 11.8 Å². The highest BCUT2D eigenvalue weighted by Gasteiger charge is 2.22. The summed E-state index contributed by atoms with van der Waals surface area (Å²) in [6.07, 6.45) is 1.29. The Bertz CT molecular complexity index is 402. The van der Waals surface area contributed by atoms with Gasteiger partial charge in [0.05, 0.1) is 0 Å². The second kappa shape index (κ2) is 4.60. The average Bonchev–Trinajstić information content (AvgIpc) is 2.62. The molecule has 0 aliphatic heterocycles. The topological polar surface area (TPSA) is 100 Å². The van der Waals surface area contributed by atoms with Gasteiger partial charge in [-0.1, -0.05) is 0 Å². The molecular weight excluding hydrogens is 214 g/mol. The number of aryl methyl sites for hydroxylation is 1. The number of aliphatic carboxylic acids is 1. The first-order valence-electron chi connectivity index (χ1n) is 4.54. The van der Waals surface area contributed by atoms with E-state index in [2.05, 4.69) is 15.4 Å². The van der Waals surface area contributed by atoms with Crippen LogP contribution in [0.1, 0.15) is 6.92 Å². The Kier molecular flexibility index (Phi) is 3.44. The number of anilines is 1. The molecule has 8 heteroatoms. The summed E-state index contributed by atoms with van der Waals surface area (Å²) >= 11 is 0. The van der Waals surface area contributed by atoms with Gasteiger partial charge in [-0.2, -0.15) is 10.1 Å². The number of amides is 2. The Hall–Kier alpha value is -2.12. The van der Waals surface area contributed by atoms with Gasteiger partial charge in [0.25, 0.3) is 0 Å². The van der Waals surface area contributed by atoms with Gasteiger partial charge in [0.2, 0.25) is 5.95 Å². The van der Waals surface area contributed by atoms with Crippen LogP contribution in [0.4, 0.5) is 10.7 Å². The zero-order valence-corrected chi connectivity index (χ0v) is 9.21. The molecule has 0 bridgehead atoms. The van der Waals surface area contributed by atoms with E-state index in [-0.39, 0.29) is 5.95 Å². The Morgan fingerprint density at radius 1 is 1.62 bits per heavy atom. The molecule has 0 fully saturated rings. The highest BCUT2D eigenvalue weighted by molar-refractivity contribution is 5.90. The van der Waals surface area contributed by atoms with Crippen molar-refractivity contribution in [2.75, 3.05) is 12.4 Å². The van der Waals surface area contributed by atoms with E-state index in [0.717, 1.165) is 4.90 Å². The zero-order chi connectivity index (χ0) is 12.3. The Balaban J connectivity index is 2.66. The third kappa shape index (κ3) is 2.47. The van der Waals surface area contributed by atoms with Crippen molar-refractivity contribution >= 4 is 17.9 Å². The summed E-state index contributed by atoms with van der Waals surface area (Å²) in [5, 5.41) is 14.9. The normalized spacial score (nSPS) is 11.9. The lowest BCUT2D eigenvalue weighted by Crippen LogP contribution is -2.42. The molecule has 1 unspecified atom stereocenters. The number of carbonyl (C=O) groups is 2.